The third-order valence-corrected chi connectivity index (χ3v) is 13.2. The summed E-state index contributed by atoms with van der Waals surface area (Å²) in [5, 5.41) is 30.4. The number of aryl methyl sites for hydroxylation is 1. The highest BCUT2D eigenvalue weighted by atomic mass is 28.4. The van der Waals surface area contributed by atoms with E-state index in [0.29, 0.717) is 68.0 Å². The molecule has 2 amide bonds. The number of nitrogens with zero attached hydrogens (tertiary/aromatic N) is 5. The number of aliphatic hydroxyl groups excluding tert-OH is 2. The molecule has 2 aromatic carbocycles. The summed E-state index contributed by atoms with van der Waals surface area (Å²) in [5.41, 5.74) is 2.67. The van der Waals surface area contributed by atoms with Gasteiger partial charge in [0.2, 0.25) is 5.91 Å². The molecule has 0 aliphatic carbocycles. The van der Waals surface area contributed by atoms with Crippen LogP contribution in [-0.4, -0.2) is 95.2 Å². The van der Waals surface area contributed by atoms with E-state index in [9.17, 15) is 24.6 Å². The number of amides is 2. The minimum Gasteiger partial charge on any atom is -0.494 e. The number of carbonyl (C=O) groups excluding carboxylic acids is 2. The van der Waals surface area contributed by atoms with Crippen molar-refractivity contribution < 1.29 is 34.1 Å². The highest BCUT2D eigenvalue weighted by Gasteiger charge is 2.66. The van der Waals surface area contributed by atoms with Crippen LogP contribution < -0.4 is 19.9 Å². The van der Waals surface area contributed by atoms with Gasteiger partial charge in [0.15, 0.2) is 13.9 Å². The van der Waals surface area contributed by atoms with Crippen LogP contribution in [0.2, 0.25) is 18.6 Å². The van der Waals surface area contributed by atoms with Gasteiger partial charge >= 0.3 is 0 Å². The van der Waals surface area contributed by atoms with Crippen molar-refractivity contribution in [3.63, 3.8) is 0 Å². The summed E-state index contributed by atoms with van der Waals surface area (Å²) in [6.07, 6.45) is 5.79. The SMILES string of the molecule is C=CCN1C(=O)[C@@]2(O[C@@H](CCn3cc(CCO)nn3)[C@H]([Si](C)(C)O)[C@H]2C)c2cc(N3C(=O)C(NCCCCO)Cc4cc(OCC)ccc43)ccc21. The first-order valence-electron chi connectivity index (χ1n) is 18.4. The molecule has 0 saturated carbocycles. The molecule has 1 unspecified atom stereocenters. The summed E-state index contributed by atoms with van der Waals surface area (Å²) in [7, 11) is -2.92. The zero-order valence-corrected chi connectivity index (χ0v) is 31.6. The first-order valence-corrected chi connectivity index (χ1v) is 21.4. The summed E-state index contributed by atoms with van der Waals surface area (Å²) >= 11 is 0. The number of fused-ring (bicyclic) bond motifs is 3. The second kappa shape index (κ2) is 15.6. The van der Waals surface area contributed by atoms with Gasteiger partial charge in [0.05, 0.1) is 35.8 Å². The fourth-order valence-electron chi connectivity index (χ4n) is 8.44. The molecular formula is C38H52N6O7Si. The molecule has 3 aliphatic rings. The van der Waals surface area contributed by atoms with Crippen LogP contribution in [0, 0.1) is 5.92 Å². The van der Waals surface area contributed by atoms with E-state index in [4.69, 9.17) is 9.47 Å². The van der Waals surface area contributed by atoms with Crippen LogP contribution in [-0.2, 0) is 39.3 Å². The van der Waals surface area contributed by atoms with E-state index in [-0.39, 0.29) is 43.0 Å². The lowest BCUT2D eigenvalue weighted by Gasteiger charge is -2.36. The van der Waals surface area contributed by atoms with Crippen molar-refractivity contribution in [1.29, 1.82) is 0 Å². The number of rotatable bonds is 16. The van der Waals surface area contributed by atoms with Gasteiger partial charge in [0.25, 0.3) is 5.91 Å². The fraction of sp³-hybridized carbons (Fsp3) is 0.526. The number of carbonyl (C=O) groups is 2. The minimum absolute atomic E-state index is 0.0216. The minimum atomic E-state index is -2.92. The Morgan fingerprint density at radius 2 is 1.92 bits per heavy atom. The molecule has 1 spiro atoms. The van der Waals surface area contributed by atoms with Crippen molar-refractivity contribution in [2.75, 3.05) is 42.7 Å². The molecular weight excluding hydrogens is 681 g/mol. The van der Waals surface area contributed by atoms with E-state index < -0.39 is 26.1 Å². The average Bonchev–Trinajstić information content (AvgIpc) is 3.76. The van der Waals surface area contributed by atoms with Crippen molar-refractivity contribution >= 4 is 37.2 Å². The van der Waals surface area contributed by atoms with Gasteiger partial charge in [0, 0.05) is 61.6 Å². The number of anilines is 3. The Morgan fingerprint density at radius 1 is 1.13 bits per heavy atom. The Balaban J connectivity index is 1.41. The van der Waals surface area contributed by atoms with E-state index in [1.165, 1.54) is 0 Å². The summed E-state index contributed by atoms with van der Waals surface area (Å²) in [6, 6.07) is 10.9. The number of benzene rings is 2. The molecule has 1 fully saturated rings. The molecule has 14 heteroatoms. The molecule has 3 aliphatic heterocycles. The molecule has 4 N–H and O–H groups in total. The van der Waals surface area contributed by atoms with E-state index in [0.717, 1.165) is 23.4 Å². The predicted octanol–water partition coefficient (Wildman–Crippen LogP) is 3.58. The molecule has 280 valence electrons. The Bertz CT molecular complexity index is 1780. The van der Waals surface area contributed by atoms with Crippen molar-refractivity contribution in [3.8, 4) is 5.75 Å². The number of aliphatic hydroxyl groups is 2. The third kappa shape index (κ3) is 6.95. The van der Waals surface area contributed by atoms with Crippen LogP contribution >= 0.6 is 0 Å². The summed E-state index contributed by atoms with van der Waals surface area (Å²) < 4.78 is 14.6. The van der Waals surface area contributed by atoms with Crippen LogP contribution in [0.1, 0.15) is 49.9 Å². The first kappa shape index (κ1) is 37.8. The fourth-order valence-corrected chi connectivity index (χ4v) is 11.0. The second-order valence-electron chi connectivity index (χ2n) is 14.5. The lowest BCUT2D eigenvalue weighted by atomic mass is 9.82. The number of unbranched alkanes of at least 4 members (excludes halogenated alkanes) is 1. The lowest BCUT2D eigenvalue weighted by molar-refractivity contribution is -0.145. The van der Waals surface area contributed by atoms with Gasteiger partial charge in [-0.15, -0.1) is 11.7 Å². The average molecular weight is 733 g/mol. The van der Waals surface area contributed by atoms with Crippen LogP contribution in [0.5, 0.6) is 5.75 Å². The highest BCUT2D eigenvalue weighted by molar-refractivity contribution is 6.71. The monoisotopic (exact) mass is 732 g/mol. The van der Waals surface area contributed by atoms with Crippen LogP contribution in [0.4, 0.5) is 17.1 Å². The van der Waals surface area contributed by atoms with Gasteiger partial charge in [-0.05, 0) is 94.2 Å². The van der Waals surface area contributed by atoms with Gasteiger partial charge in [-0.1, -0.05) is 18.2 Å². The summed E-state index contributed by atoms with van der Waals surface area (Å²) in [5.74, 6) is 0.0132. The molecule has 1 saturated heterocycles. The summed E-state index contributed by atoms with van der Waals surface area (Å²) in [4.78, 5) is 44.3. The van der Waals surface area contributed by atoms with Crippen LogP contribution in [0.15, 0.2) is 55.3 Å². The maximum atomic E-state index is 14.7. The van der Waals surface area contributed by atoms with Gasteiger partial charge in [0.1, 0.15) is 5.75 Å². The molecule has 0 radical (unpaired) electrons. The molecule has 5 atom stereocenters. The Morgan fingerprint density at radius 3 is 2.63 bits per heavy atom. The zero-order valence-electron chi connectivity index (χ0n) is 30.6. The maximum Gasteiger partial charge on any atom is 0.264 e. The van der Waals surface area contributed by atoms with Crippen LogP contribution in [0.3, 0.4) is 0 Å². The van der Waals surface area contributed by atoms with E-state index in [2.05, 4.69) is 22.2 Å². The van der Waals surface area contributed by atoms with E-state index in [1.807, 2.05) is 63.3 Å². The Hall–Kier alpha value is -3.92. The summed E-state index contributed by atoms with van der Waals surface area (Å²) in [6.45, 7) is 13.5. The highest BCUT2D eigenvalue weighted by Crippen LogP contribution is 2.60. The second-order valence-corrected chi connectivity index (χ2v) is 18.5. The zero-order chi connectivity index (χ0) is 37.2. The first-order chi connectivity index (χ1) is 25.0. The van der Waals surface area contributed by atoms with Crippen LogP contribution in [0.25, 0.3) is 0 Å². The smallest absolute Gasteiger partial charge is 0.264 e. The topological polar surface area (TPSA) is 163 Å². The lowest BCUT2D eigenvalue weighted by Crippen LogP contribution is -2.49. The van der Waals surface area contributed by atoms with Gasteiger partial charge < -0.3 is 34.7 Å². The number of aromatic nitrogens is 3. The number of hydrogen-bond acceptors (Lipinski definition) is 10. The van der Waals surface area contributed by atoms with Crippen molar-refractivity contribution in [1.82, 2.24) is 20.3 Å². The molecule has 0 bridgehead atoms. The molecule has 1 aromatic heterocycles. The van der Waals surface area contributed by atoms with Crippen molar-refractivity contribution in [2.24, 2.45) is 5.92 Å². The number of hydrogen-bond donors (Lipinski definition) is 4. The predicted molar refractivity (Wildman–Crippen MR) is 200 cm³/mol. The van der Waals surface area contributed by atoms with Gasteiger partial charge in [-0.2, -0.15) is 0 Å². The molecule has 3 aromatic rings. The normalized spacial score (nSPS) is 24.1. The van der Waals surface area contributed by atoms with Gasteiger partial charge in [-0.25, -0.2) is 0 Å². The van der Waals surface area contributed by atoms with E-state index >= 15 is 0 Å². The molecule has 6 rings (SSSR count). The molecule has 13 nitrogen and oxygen atoms in total. The maximum absolute atomic E-state index is 14.7. The Labute approximate surface area is 306 Å². The number of nitrogens with one attached hydrogen (secondary N) is 1. The number of ether oxygens (including phenoxy) is 2. The largest absolute Gasteiger partial charge is 0.494 e. The Kier molecular flexibility index (Phi) is 11.3. The quantitative estimate of drug-likeness (QED) is 0.0974. The van der Waals surface area contributed by atoms with E-state index in [1.54, 1.807) is 26.8 Å². The third-order valence-electron chi connectivity index (χ3n) is 10.7. The molecule has 4 heterocycles. The van der Waals surface area contributed by atoms with Crippen molar-refractivity contribution in [2.45, 2.75) is 88.9 Å². The standard InChI is InChI=1S/C38H52N6O7Si/c1-6-17-43-33-12-10-28(44-32-13-11-29(50-7-2)21-26(32)22-31(36(44)47)39-16-8-9-19-45)23-30(33)38(37(43)48)25(3)35(52(4,5)49)34(51-38)14-18-42-24-27(15-20-46)40-41-42/h6,10-13,21,23-25,31,34-35,39,45-46,49H,1,7-9,14-20,22H2,2-5H3/t25-,31?,34+,35-,38+/m1/s1. The van der Waals surface area contributed by atoms with Gasteiger partial charge in [-0.3, -0.25) is 19.2 Å². The molecule has 52 heavy (non-hydrogen) atoms. The van der Waals surface area contributed by atoms with Crippen molar-refractivity contribution in [3.05, 3.63) is 72.1 Å².